The minimum Gasteiger partial charge on any atom is -0.349 e. The zero-order valence-electron chi connectivity index (χ0n) is 15.1. The number of aromatic nitrogens is 3. The lowest BCUT2D eigenvalue weighted by molar-refractivity contribution is 0.0925. The molecule has 0 aliphatic heterocycles. The van der Waals surface area contributed by atoms with Crippen molar-refractivity contribution in [3.63, 3.8) is 0 Å². The maximum Gasteiger partial charge on any atom is 0.254 e. The Bertz CT molecular complexity index is 910. The molecule has 1 amide bonds. The van der Waals surface area contributed by atoms with Crippen molar-refractivity contribution >= 4 is 11.6 Å². The molecule has 2 aromatic heterocycles. The van der Waals surface area contributed by atoms with Gasteiger partial charge in [-0.2, -0.15) is 5.10 Å². The minimum atomic E-state index is -0.0279. The second kappa shape index (κ2) is 7.28. The molecule has 1 aromatic carbocycles. The fourth-order valence-electron chi connectivity index (χ4n) is 3.77. The first-order valence-electron chi connectivity index (χ1n) is 9.50. The third-order valence-corrected chi connectivity index (χ3v) is 5.17. The fraction of sp³-hybridized carbons (Fsp3) is 0.381. The average Bonchev–Trinajstić information content (AvgIpc) is 3.13. The molecule has 5 heteroatoms. The average molecular weight is 348 g/mol. The summed E-state index contributed by atoms with van der Waals surface area (Å²) in [5.41, 5.74) is 4.24. The van der Waals surface area contributed by atoms with Crippen molar-refractivity contribution in [1.29, 1.82) is 0 Å². The number of carbonyl (C=O) groups excluding carboxylic acids is 1. The van der Waals surface area contributed by atoms with E-state index in [1.54, 1.807) is 6.20 Å². The molecule has 1 N–H and O–H groups in total. The number of amides is 1. The number of nitrogens with one attached hydrogen (secondary N) is 1. The second-order valence-electron chi connectivity index (χ2n) is 6.95. The fourth-order valence-corrected chi connectivity index (χ4v) is 3.77. The van der Waals surface area contributed by atoms with Gasteiger partial charge >= 0.3 is 0 Å². The zero-order chi connectivity index (χ0) is 17.9. The standard InChI is InChI=1S/C21H24N4O/c1-2-19-17(21(26)23-16-11-7-4-8-12-16)14-22-20-13-18(24-25(19)20)15-9-5-3-6-10-15/h3,5-6,9-10,13-14,16H,2,4,7-8,11-12H2,1H3,(H,23,26). The van der Waals surface area contributed by atoms with Gasteiger partial charge in [0.15, 0.2) is 5.65 Å². The summed E-state index contributed by atoms with van der Waals surface area (Å²) in [5.74, 6) is -0.0279. The molecule has 4 rings (SSSR count). The van der Waals surface area contributed by atoms with Gasteiger partial charge in [-0.3, -0.25) is 4.79 Å². The Hall–Kier alpha value is -2.69. The molecule has 1 aliphatic rings. The van der Waals surface area contributed by atoms with E-state index in [2.05, 4.69) is 17.2 Å². The molecule has 3 aromatic rings. The number of benzene rings is 1. The Labute approximate surface area is 153 Å². The summed E-state index contributed by atoms with van der Waals surface area (Å²) in [7, 11) is 0. The predicted octanol–water partition coefficient (Wildman–Crippen LogP) is 4.02. The van der Waals surface area contributed by atoms with Gasteiger partial charge in [0.05, 0.1) is 17.0 Å². The lowest BCUT2D eigenvalue weighted by Crippen LogP contribution is -2.37. The zero-order valence-corrected chi connectivity index (χ0v) is 15.1. The molecule has 0 unspecified atom stereocenters. The quantitative estimate of drug-likeness (QED) is 0.775. The van der Waals surface area contributed by atoms with Crippen molar-refractivity contribution in [3.8, 4) is 11.3 Å². The Morgan fingerprint density at radius 3 is 2.69 bits per heavy atom. The third kappa shape index (κ3) is 3.21. The molecule has 2 heterocycles. The summed E-state index contributed by atoms with van der Waals surface area (Å²) < 4.78 is 1.82. The van der Waals surface area contributed by atoms with E-state index in [0.717, 1.165) is 41.9 Å². The van der Waals surface area contributed by atoms with Gasteiger partial charge in [0.2, 0.25) is 0 Å². The molecular weight excluding hydrogens is 324 g/mol. The Kier molecular flexibility index (Phi) is 4.69. The van der Waals surface area contributed by atoms with Gasteiger partial charge in [-0.15, -0.1) is 0 Å². The van der Waals surface area contributed by atoms with Crippen LogP contribution in [0.25, 0.3) is 16.9 Å². The highest BCUT2D eigenvalue weighted by Gasteiger charge is 2.20. The molecule has 0 atom stereocenters. The van der Waals surface area contributed by atoms with E-state index in [4.69, 9.17) is 5.10 Å². The van der Waals surface area contributed by atoms with Gasteiger partial charge in [0, 0.05) is 23.9 Å². The molecule has 1 aliphatic carbocycles. The lowest BCUT2D eigenvalue weighted by atomic mass is 9.95. The number of hydrogen-bond donors (Lipinski definition) is 1. The summed E-state index contributed by atoms with van der Waals surface area (Å²) >= 11 is 0. The first-order chi connectivity index (χ1) is 12.8. The van der Waals surface area contributed by atoms with Gasteiger partial charge in [-0.1, -0.05) is 56.5 Å². The van der Waals surface area contributed by atoms with Crippen LogP contribution in [0, 0.1) is 0 Å². The van der Waals surface area contributed by atoms with Crippen molar-refractivity contribution in [3.05, 3.63) is 53.9 Å². The van der Waals surface area contributed by atoms with Crippen molar-refractivity contribution < 1.29 is 4.79 Å². The Balaban J connectivity index is 1.68. The van der Waals surface area contributed by atoms with Crippen molar-refractivity contribution in [2.45, 2.75) is 51.5 Å². The molecule has 0 spiro atoms. The number of nitrogens with zero attached hydrogens (tertiary/aromatic N) is 3. The van der Waals surface area contributed by atoms with Crippen LogP contribution >= 0.6 is 0 Å². The number of fused-ring (bicyclic) bond motifs is 1. The largest absolute Gasteiger partial charge is 0.349 e. The van der Waals surface area contributed by atoms with Gasteiger partial charge in [0.1, 0.15) is 0 Å². The van der Waals surface area contributed by atoms with Gasteiger partial charge in [-0.05, 0) is 19.3 Å². The number of rotatable bonds is 4. The van der Waals surface area contributed by atoms with Crippen LogP contribution in [0.2, 0.25) is 0 Å². The first kappa shape index (κ1) is 16.8. The first-order valence-corrected chi connectivity index (χ1v) is 9.50. The molecule has 26 heavy (non-hydrogen) atoms. The monoisotopic (exact) mass is 348 g/mol. The van der Waals surface area contributed by atoms with E-state index in [0.29, 0.717) is 5.56 Å². The van der Waals surface area contributed by atoms with E-state index >= 15 is 0 Å². The molecule has 5 nitrogen and oxygen atoms in total. The van der Waals surface area contributed by atoms with E-state index in [9.17, 15) is 4.79 Å². The van der Waals surface area contributed by atoms with Crippen LogP contribution < -0.4 is 5.32 Å². The maximum atomic E-state index is 12.8. The molecule has 1 saturated carbocycles. The predicted molar refractivity (Wildman–Crippen MR) is 102 cm³/mol. The van der Waals surface area contributed by atoms with Gasteiger partial charge in [0.25, 0.3) is 5.91 Å². The third-order valence-electron chi connectivity index (χ3n) is 5.17. The van der Waals surface area contributed by atoms with Crippen molar-refractivity contribution in [2.75, 3.05) is 0 Å². The van der Waals surface area contributed by atoms with Crippen LogP contribution in [-0.4, -0.2) is 26.5 Å². The summed E-state index contributed by atoms with van der Waals surface area (Å²) in [5, 5.41) is 7.91. The maximum absolute atomic E-state index is 12.8. The highest BCUT2D eigenvalue weighted by Crippen LogP contribution is 2.22. The molecule has 1 fully saturated rings. The SMILES string of the molecule is CCc1c(C(=O)NC2CCCCC2)cnc2cc(-c3ccccc3)nn12. The molecular formula is C21H24N4O. The molecule has 0 radical (unpaired) electrons. The summed E-state index contributed by atoms with van der Waals surface area (Å²) in [6.07, 6.45) is 8.23. The van der Waals surface area contributed by atoms with Crippen LogP contribution in [-0.2, 0) is 6.42 Å². The van der Waals surface area contributed by atoms with Crippen LogP contribution in [0.1, 0.15) is 55.1 Å². The highest BCUT2D eigenvalue weighted by atomic mass is 16.1. The van der Waals surface area contributed by atoms with E-state index < -0.39 is 0 Å². The Morgan fingerprint density at radius 1 is 1.19 bits per heavy atom. The van der Waals surface area contributed by atoms with Crippen LogP contribution in [0.3, 0.4) is 0 Å². The topological polar surface area (TPSA) is 59.3 Å². The van der Waals surface area contributed by atoms with Crippen LogP contribution in [0.4, 0.5) is 0 Å². The summed E-state index contributed by atoms with van der Waals surface area (Å²) in [6.45, 7) is 2.05. The molecule has 0 bridgehead atoms. The Morgan fingerprint density at radius 2 is 1.96 bits per heavy atom. The van der Waals surface area contributed by atoms with Crippen LogP contribution in [0.5, 0.6) is 0 Å². The van der Waals surface area contributed by atoms with Gasteiger partial charge in [-0.25, -0.2) is 9.50 Å². The lowest BCUT2D eigenvalue weighted by Gasteiger charge is -2.23. The summed E-state index contributed by atoms with van der Waals surface area (Å²) in [4.78, 5) is 17.3. The number of carbonyl (C=O) groups is 1. The second-order valence-corrected chi connectivity index (χ2v) is 6.95. The van der Waals surface area contributed by atoms with E-state index in [-0.39, 0.29) is 11.9 Å². The number of hydrogen-bond acceptors (Lipinski definition) is 3. The highest BCUT2D eigenvalue weighted by molar-refractivity contribution is 5.95. The smallest absolute Gasteiger partial charge is 0.254 e. The summed E-state index contributed by atoms with van der Waals surface area (Å²) in [6, 6.07) is 12.3. The number of aryl methyl sites for hydroxylation is 1. The van der Waals surface area contributed by atoms with E-state index in [1.807, 2.05) is 40.9 Å². The normalized spacial score (nSPS) is 15.3. The molecule has 0 saturated heterocycles. The van der Waals surface area contributed by atoms with Crippen molar-refractivity contribution in [1.82, 2.24) is 19.9 Å². The van der Waals surface area contributed by atoms with E-state index in [1.165, 1.54) is 19.3 Å². The minimum absolute atomic E-state index is 0.0279. The van der Waals surface area contributed by atoms with Crippen LogP contribution in [0.15, 0.2) is 42.6 Å². The molecule has 134 valence electrons. The van der Waals surface area contributed by atoms with Gasteiger partial charge < -0.3 is 5.32 Å². The van der Waals surface area contributed by atoms with Crippen molar-refractivity contribution in [2.24, 2.45) is 0 Å².